The van der Waals surface area contributed by atoms with Crippen LogP contribution in [0.4, 0.5) is 0 Å². The number of nitrogens with two attached hydrogens (primary N) is 1. The van der Waals surface area contributed by atoms with E-state index in [-0.39, 0.29) is 5.54 Å². The Labute approximate surface area is 87.6 Å². The summed E-state index contributed by atoms with van der Waals surface area (Å²) in [7, 11) is 0. The zero-order valence-electron chi connectivity index (χ0n) is 9.60. The summed E-state index contributed by atoms with van der Waals surface area (Å²) in [5.74, 6) is 0. The highest BCUT2D eigenvalue weighted by molar-refractivity contribution is 5.01. The van der Waals surface area contributed by atoms with Gasteiger partial charge in [-0.1, -0.05) is 20.3 Å². The van der Waals surface area contributed by atoms with Crippen molar-refractivity contribution in [2.45, 2.75) is 64.0 Å². The summed E-state index contributed by atoms with van der Waals surface area (Å²) in [6.45, 7) is 5.57. The molecule has 2 aliphatic rings. The lowest BCUT2D eigenvalue weighted by Crippen LogP contribution is -2.56. The maximum absolute atomic E-state index is 5.97. The van der Waals surface area contributed by atoms with Gasteiger partial charge in [0.1, 0.15) is 0 Å². The third-order valence-corrected chi connectivity index (χ3v) is 3.80. The zero-order chi connectivity index (χ0) is 10.2. The SMILES string of the molecule is CC1(C)CCCC(CN)(NC2CC2)C1. The van der Waals surface area contributed by atoms with Crippen LogP contribution in [0.3, 0.4) is 0 Å². The number of nitrogens with one attached hydrogen (secondary N) is 1. The van der Waals surface area contributed by atoms with Crippen molar-refractivity contribution >= 4 is 0 Å². The van der Waals surface area contributed by atoms with Crippen LogP contribution in [-0.4, -0.2) is 18.1 Å². The summed E-state index contributed by atoms with van der Waals surface area (Å²) >= 11 is 0. The van der Waals surface area contributed by atoms with Crippen LogP contribution in [0.15, 0.2) is 0 Å². The Hall–Kier alpha value is -0.0800. The number of rotatable bonds is 3. The quantitative estimate of drug-likeness (QED) is 0.725. The van der Waals surface area contributed by atoms with Gasteiger partial charge in [-0.3, -0.25) is 0 Å². The van der Waals surface area contributed by atoms with Crippen molar-refractivity contribution in [1.82, 2.24) is 5.32 Å². The molecule has 1 unspecified atom stereocenters. The second-order valence-corrected chi connectivity index (χ2v) is 6.10. The van der Waals surface area contributed by atoms with Crippen LogP contribution >= 0.6 is 0 Å². The lowest BCUT2D eigenvalue weighted by Gasteiger charge is -2.45. The molecule has 2 rings (SSSR count). The molecule has 0 spiro atoms. The Kier molecular flexibility index (Phi) is 2.61. The van der Waals surface area contributed by atoms with Crippen LogP contribution in [0.25, 0.3) is 0 Å². The van der Waals surface area contributed by atoms with Crippen molar-refractivity contribution in [3.63, 3.8) is 0 Å². The van der Waals surface area contributed by atoms with Gasteiger partial charge in [-0.25, -0.2) is 0 Å². The van der Waals surface area contributed by atoms with Crippen molar-refractivity contribution in [1.29, 1.82) is 0 Å². The lowest BCUT2D eigenvalue weighted by atomic mass is 9.68. The smallest absolute Gasteiger partial charge is 0.0311 e. The molecule has 2 nitrogen and oxygen atoms in total. The summed E-state index contributed by atoms with van der Waals surface area (Å²) in [6, 6.07) is 0.785. The van der Waals surface area contributed by atoms with E-state index in [1.807, 2.05) is 0 Å². The summed E-state index contributed by atoms with van der Waals surface area (Å²) < 4.78 is 0. The molecule has 0 saturated heterocycles. The van der Waals surface area contributed by atoms with Crippen LogP contribution in [0.2, 0.25) is 0 Å². The van der Waals surface area contributed by atoms with Crippen molar-refractivity contribution in [3.05, 3.63) is 0 Å². The standard InChI is InChI=1S/C12H24N2/c1-11(2)6-3-7-12(8-11,9-13)14-10-4-5-10/h10,14H,3-9,13H2,1-2H3. The molecule has 1 atom stereocenters. The van der Waals surface area contributed by atoms with E-state index in [2.05, 4.69) is 19.2 Å². The van der Waals surface area contributed by atoms with Gasteiger partial charge in [0.25, 0.3) is 0 Å². The van der Waals surface area contributed by atoms with E-state index in [0.29, 0.717) is 5.41 Å². The van der Waals surface area contributed by atoms with Crippen LogP contribution < -0.4 is 11.1 Å². The summed E-state index contributed by atoms with van der Waals surface area (Å²) in [6.07, 6.45) is 7.96. The first-order valence-electron chi connectivity index (χ1n) is 6.03. The van der Waals surface area contributed by atoms with Crippen LogP contribution in [0.1, 0.15) is 52.4 Å². The number of hydrogen-bond acceptors (Lipinski definition) is 2. The molecular formula is C12H24N2. The molecule has 2 saturated carbocycles. The van der Waals surface area contributed by atoms with Crippen molar-refractivity contribution in [2.24, 2.45) is 11.1 Å². The third-order valence-electron chi connectivity index (χ3n) is 3.80. The van der Waals surface area contributed by atoms with Gasteiger partial charge in [0.05, 0.1) is 0 Å². The summed E-state index contributed by atoms with van der Waals surface area (Å²) in [5, 5.41) is 3.79. The fourth-order valence-corrected chi connectivity index (χ4v) is 3.02. The largest absolute Gasteiger partial charge is 0.329 e. The minimum absolute atomic E-state index is 0.267. The van der Waals surface area contributed by atoms with E-state index in [0.717, 1.165) is 12.6 Å². The molecule has 0 aliphatic heterocycles. The average molecular weight is 196 g/mol. The first-order valence-corrected chi connectivity index (χ1v) is 6.03. The third kappa shape index (κ3) is 2.29. The molecule has 2 heteroatoms. The second-order valence-electron chi connectivity index (χ2n) is 6.10. The molecule has 0 aromatic heterocycles. The Balaban J connectivity index is 2.01. The van der Waals surface area contributed by atoms with Crippen LogP contribution in [0, 0.1) is 5.41 Å². The highest BCUT2D eigenvalue weighted by atomic mass is 15.1. The molecule has 3 N–H and O–H groups in total. The molecule has 0 aromatic carbocycles. The van der Waals surface area contributed by atoms with E-state index >= 15 is 0 Å². The maximum atomic E-state index is 5.97. The van der Waals surface area contributed by atoms with Gasteiger partial charge in [-0.2, -0.15) is 0 Å². The molecule has 82 valence electrons. The minimum Gasteiger partial charge on any atom is -0.329 e. The average Bonchev–Trinajstić information content (AvgIpc) is 2.86. The predicted octanol–water partition coefficient (Wildman–Crippen LogP) is 2.04. The Morgan fingerprint density at radius 3 is 2.50 bits per heavy atom. The van der Waals surface area contributed by atoms with Gasteiger partial charge < -0.3 is 11.1 Å². The molecule has 0 amide bonds. The zero-order valence-corrected chi connectivity index (χ0v) is 9.60. The molecule has 0 bridgehead atoms. The Morgan fingerprint density at radius 1 is 1.29 bits per heavy atom. The molecule has 14 heavy (non-hydrogen) atoms. The minimum atomic E-state index is 0.267. The Bertz CT molecular complexity index is 208. The van der Waals surface area contributed by atoms with Crippen molar-refractivity contribution in [3.8, 4) is 0 Å². The van der Waals surface area contributed by atoms with E-state index in [1.165, 1.54) is 38.5 Å². The van der Waals surface area contributed by atoms with E-state index in [1.54, 1.807) is 0 Å². The van der Waals surface area contributed by atoms with Crippen molar-refractivity contribution < 1.29 is 0 Å². The first-order chi connectivity index (χ1) is 6.55. The van der Waals surface area contributed by atoms with Crippen LogP contribution in [-0.2, 0) is 0 Å². The normalized spacial score (nSPS) is 37.1. The van der Waals surface area contributed by atoms with Crippen molar-refractivity contribution in [2.75, 3.05) is 6.54 Å². The lowest BCUT2D eigenvalue weighted by molar-refractivity contribution is 0.123. The first kappa shape index (κ1) is 10.4. The van der Waals surface area contributed by atoms with E-state index in [9.17, 15) is 0 Å². The second kappa shape index (κ2) is 3.49. The fraction of sp³-hybridized carbons (Fsp3) is 1.00. The topological polar surface area (TPSA) is 38.0 Å². The van der Waals surface area contributed by atoms with E-state index < -0.39 is 0 Å². The van der Waals surface area contributed by atoms with Gasteiger partial charge in [-0.05, 0) is 37.5 Å². The van der Waals surface area contributed by atoms with Gasteiger partial charge in [0, 0.05) is 18.1 Å². The fourth-order valence-electron chi connectivity index (χ4n) is 3.02. The molecule has 0 heterocycles. The van der Waals surface area contributed by atoms with Gasteiger partial charge in [-0.15, -0.1) is 0 Å². The van der Waals surface area contributed by atoms with Gasteiger partial charge >= 0.3 is 0 Å². The Morgan fingerprint density at radius 2 is 2.00 bits per heavy atom. The monoisotopic (exact) mass is 196 g/mol. The van der Waals surface area contributed by atoms with Gasteiger partial charge in [0.15, 0.2) is 0 Å². The molecule has 2 aliphatic carbocycles. The molecule has 2 fully saturated rings. The van der Waals surface area contributed by atoms with Crippen LogP contribution in [0.5, 0.6) is 0 Å². The highest BCUT2D eigenvalue weighted by Gasteiger charge is 2.41. The maximum Gasteiger partial charge on any atom is 0.0311 e. The van der Waals surface area contributed by atoms with Gasteiger partial charge in [0.2, 0.25) is 0 Å². The molecule has 0 aromatic rings. The summed E-state index contributed by atoms with van der Waals surface area (Å²) in [4.78, 5) is 0. The highest BCUT2D eigenvalue weighted by Crippen LogP contribution is 2.41. The van der Waals surface area contributed by atoms with E-state index in [4.69, 9.17) is 5.73 Å². The number of hydrogen-bond donors (Lipinski definition) is 2. The molecule has 0 radical (unpaired) electrons. The molecular weight excluding hydrogens is 172 g/mol. The predicted molar refractivity (Wildman–Crippen MR) is 60.2 cm³/mol. The summed E-state index contributed by atoms with van der Waals surface area (Å²) in [5.41, 5.74) is 6.73.